The van der Waals surface area contributed by atoms with Crippen molar-refractivity contribution >= 4 is 11.9 Å². The monoisotopic (exact) mass is 506 g/mol. The van der Waals surface area contributed by atoms with Crippen molar-refractivity contribution in [2.24, 2.45) is 23.2 Å². The highest BCUT2D eigenvalue weighted by Crippen LogP contribution is 2.62. The van der Waals surface area contributed by atoms with Gasteiger partial charge in [0.25, 0.3) is 0 Å². The Labute approximate surface area is 202 Å². The van der Waals surface area contributed by atoms with Crippen LogP contribution in [0.15, 0.2) is 11.3 Å². The molecule has 2 bridgehead atoms. The summed E-state index contributed by atoms with van der Waals surface area (Å²) in [4.78, 5) is 37.4. The van der Waals surface area contributed by atoms with Crippen molar-refractivity contribution in [1.29, 1.82) is 0 Å². The van der Waals surface area contributed by atoms with Gasteiger partial charge in [-0.3, -0.25) is 9.59 Å². The zero-order valence-corrected chi connectivity index (χ0v) is 20.7. The van der Waals surface area contributed by atoms with Crippen LogP contribution in [-0.4, -0.2) is 49.0 Å². The average molecular weight is 507 g/mol. The van der Waals surface area contributed by atoms with Crippen LogP contribution in [0.5, 0.6) is 0 Å². The Morgan fingerprint density at radius 2 is 1.69 bits per heavy atom. The Morgan fingerprint density at radius 1 is 1.06 bits per heavy atom. The number of hydrogen-bond donors (Lipinski definition) is 0. The summed E-state index contributed by atoms with van der Waals surface area (Å²) in [5.74, 6) is -5.37. The summed E-state index contributed by atoms with van der Waals surface area (Å²) in [6.45, 7) is 7.90. The van der Waals surface area contributed by atoms with Gasteiger partial charge in [-0.05, 0) is 64.9 Å². The van der Waals surface area contributed by atoms with Gasteiger partial charge in [-0.15, -0.1) is 0 Å². The summed E-state index contributed by atoms with van der Waals surface area (Å²) in [5.41, 5.74) is -3.59. The van der Waals surface area contributed by atoms with E-state index < -0.39 is 59.3 Å². The number of fused-ring (bicyclic) bond motifs is 2. The number of alkyl halides is 3. The Hall–Kier alpha value is -1.85. The maximum atomic E-state index is 14.4. The van der Waals surface area contributed by atoms with Crippen LogP contribution in [-0.2, 0) is 38.3 Å². The molecule has 0 N–H and O–H groups in total. The molecule has 1 saturated carbocycles. The van der Waals surface area contributed by atoms with Crippen LogP contribution in [0.3, 0.4) is 0 Å². The van der Waals surface area contributed by atoms with Gasteiger partial charge in [0.1, 0.15) is 0 Å². The van der Waals surface area contributed by atoms with Gasteiger partial charge in [0.2, 0.25) is 17.8 Å². The molecule has 4 fully saturated rings. The third-order valence-corrected chi connectivity index (χ3v) is 7.91. The van der Waals surface area contributed by atoms with Gasteiger partial charge >= 0.3 is 18.1 Å². The Kier molecular flexibility index (Phi) is 6.68. The lowest BCUT2D eigenvalue weighted by Crippen LogP contribution is -2.67. The van der Waals surface area contributed by atoms with Crippen LogP contribution in [0.25, 0.3) is 0 Å². The van der Waals surface area contributed by atoms with E-state index in [2.05, 4.69) is 0 Å². The van der Waals surface area contributed by atoms with E-state index in [0.717, 1.165) is 0 Å². The van der Waals surface area contributed by atoms with Crippen molar-refractivity contribution in [2.75, 3.05) is 13.2 Å². The minimum Gasteiger partial charge on any atom is -0.465 e. The van der Waals surface area contributed by atoms with E-state index in [1.807, 2.05) is 6.92 Å². The summed E-state index contributed by atoms with van der Waals surface area (Å²) in [7, 11) is 0. The van der Waals surface area contributed by atoms with Crippen LogP contribution in [0.4, 0.5) is 13.2 Å². The molecular weight excluding hydrogens is 473 g/mol. The molecule has 6 atom stereocenters. The van der Waals surface area contributed by atoms with E-state index in [1.165, 1.54) is 6.92 Å². The molecular formula is C24H33F3O8. The zero-order chi connectivity index (χ0) is 25.8. The molecule has 1 aliphatic carbocycles. The van der Waals surface area contributed by atoms with E-state index in [1.54, 1.807) is 20.8 Å². The fourth-order valence-corrected chi connectivity index (χ4v) is 6.13. The lowest BCUT2D eigenvalue weighted by molar-refractivity contribution is -0.557. The Morgan fingerprint density at radius 3 is 2.26 bits per heavy atom. The quantitative estimate of drug-likeness (QED) is 0.294. The molecule has 4 aliphatic heterocycles. The van der Waals surface area contributed by atoms with Crippen LogP contribution in [0.2, 0.25) is 0 Å². The van der Waals surface area contributed by atoms with Gasteiger partial charge in [-0.25, -0.2) is 9.78 Å². The van der Waals surface area contributed by atoms with Crippen molar-refractivity contribution in [3.05, 3.63) is 11.3 Å². The van der Waals surface area contributed by atoms with Crippen LogP contribution in [0.1, 0.15) is 66.7 Å². The minimum absolute atomic E-state index is 0.0477. The molecule has 0 aromatic carbocycles. The highest BCUT2D eigenvalue weighted by molar-refractivity contribution is 6.00. The summed E-state index contributed by atoms with van der Waals surface area (Å²) >= 11 is 0. The Balaban J connectivity index is 1.87. The first-order valence-electron chi connectivity index (χ1n) is 12.2. The minimum atomic E-state index is -4.89. The fourth-order valence-electron chi connectivity index (χ4n) is 6.13. The average Bonchev–Trinajstić information content (AvgIpc) is 3.01. The standard InChI is InChI=1S/C24H33F3O8/c1-6-30-18(28)21(4,19(29)31-7-2)12-14-16-9-8-13(3)15-10-11-22(5)33-20(23(15,16)35-34-22)32-17(14)24(25,26)27/h13,15-16,20H,6-12H2,1-5H3/t13-,15+,16+,20-,22-,23-/m1/s1. The SMILES string of the molecule is CCOC(=O)C(C)(CC1=C(C(F)(F)F)O[C@@H]2O[C@@]3(C)CC[C@H]4[C@H](C)CC[C@@H]1[C@@]24OO3)C(=O)OCC. The molecule has 5 rings (SSSR count). The number of allylic oxidation sites excluding steroid dienone is 1. The van der Waals surface area contributed by atoms with Gasteiger partial charge in [-0.1, -0.05) is 6.92 Å². The van der Waals surface area contributed by atoms with Crippen molar-refractivity contribution in [2.45, 2.75) is 90.6 Å². The summed E-state index contributed by atoms with van der Waals surface area (Å²) in [6.07, 6.45) is -4.85. The fraction of sp³-hybridized carbons (Fsp3) is 0.833. The molecule has 0 amide bonds. The number of hydrogen-bond acceptors (Lipinski definition) is 8. The lowest BCUT2D eigenvalue weighted by Gasteiger charge is -2.57. The molecule has 0 aromatic rings. The molecule has 3 saturated heterocycles. The number of rotatable bonds is 6. The van der Waals surface area contributed by atoms with Crippen molar-refractivity contribution in [1.82, 2.24) is 0 Å². The maximum Gasteiger partial charge on any atom is 0.448 e. The first-order chi connectivity index (χ1) is 16.3. The van der Waals surface area contributed by atoms with Gasteiger partial charge in [0.15, 0.2) is 11.0 Å². The topological polar surface area (TPSA) is 89.5 Å². The van der Waals surface area contributed by atoms with E-state index in [9.17, 15) is 22.8 Å². The third-order valence-electron chi connectivity index (χ3n) is 7.91. The second kappa shape index (κ2) is 8.92. The predicted octanol–water partition coefficient (Wildman–Crippen LogP) is 4.57. The first kappa shape index (κ1) is 26.2. The summed E-state index contributed by atoms with van der Waals surface area (Å²) in [6, 6.07) is 0. The van der Waals surface area contributed by atoms with E-state index in [-0.39, 0.29) is 30.6 Å². The van der Waals surface area contributed by atoms with E-state index in [4.69, 9.17) is 28.7 Å². The normalized spacial score (nSPS) is 36.7. The third kappa shape index (κ3) is 4.13. The molecule has 4 heterocycles. The van der Waals surface area contributed by atoms with E-state index in [0.29, 0.717) is 25.7 Å². The smallest absolute Gasteiger partial charge is 0.448 e. The molecule has 8 nitrogen and oxygen atoms in total. The Bertz CT molecular complexity index is 884. The molecule has 0 unspecified atom stereocenters. The highest BCUT2D eigenvalue weighted by atomic mass is 19.4. The van der Waals surface area contributed by atoms with Crippen molar-refractivity contribution in [3.8, 4) is 0 Å². The molecule has 11 heteroatoms. The van der Waals surface area contributed by atoms with Gasteiger partial charge in [0.05, 0.1) is 13.2 Å². The predicted molar refractivity (Wildman–Crippen MR) is 113 cm³/mol. The number of halogens is 3. The van der Waals surface area contributed by atoms with E-state index >= 15 is 0 Å². The number of carbonyl (C=O) groups excluding carboxylic acids is 2. The lowest BCUT2D eigenvalue weighted by atomic mass is 9.58. The molecule has 0 aromatic heterocycles. The van der Waals surface area contributed by atoms with Crippen LogP contribution < -0.4 is 0 Å². The van der Waals surface area contributed by atoms with Crippen LogP contribution >= 0.6 is 0 Å². The van der Waals surface area contributed by atoms with Crippen molar-refractivity contribution < 1.29 is 51.5 Å². The highest BCUT2D eigenvalue weighted by Gasteiger charge is 2.70. The van der Waals surface area contributed by atoms with Gasteiger partial charge < -0.3 is 18.9 Å². The first-order valence-corrected chi connectivity index (χ1v) is 12.2. The molecule has 0 radical (unpaired) electrons. The molecule has 35 heavy (non-hydrogen) atoms. The number of carbonyl (C=O) groups is 2. The molecule has 5 aliphatic rings. The second-order valence-corrected chi connectivity index (χ2v) is 10.3. The molecule has 1 spiro atoms. The largest absolute Gasteiger partial charge is 0.465 e. The number of esters is 2. The second-order valence-electron chi connectivity index (χ2n) is 10.3. The van der Waals surface area contributed by atoms with Crippen LogP contribution in [0, 0.1) is 23.2 Å². The van der Waals surface area contributed by atoms with Gasteiger partial charge in [0, 0.05) is 18.3 Å². The van der Waals surface area contributed by atoms with Crippen molar-refractivity contribution in [3.63, 3.8) is 0 Å². The number of ether oxygens (including phenoxy) is 4. The maximum absolute atomic E-state index is 14.4. The summed E-state index contributed by atoms with van der Waals surface area (Å²) < 4.78 is 65.0. The summed E-state index contributed by atoms with van der Waals surface area (Å²) in [5, 5.41) is 0. The molecule has 198 valence electrons. The van der Waals surface area contributed by atoms with Gasteiger partial charge in [-0.2, -0.15) is 13.2 Å². The zero-order valence-electron chi connectivity index (χ0n) is 20.7.